The molecule has 0 spiro atoms. The maximum Gasteiger partial charge on any atom is 0.120 e. The molecular formula is C28H38S2Si2. The summed E-state index contributed by atoms with van der Waals surface area (Å²) in [7, 11) is -3.32. The first-order valence-electron chi connectivity index (χ1n) is 12.8. The van der Waals surface area contributed by atoms with Gasteiger partial charge in [0.2, 0.25) is 0 Å². The monoisotopic (exact) mass is 494 g/mol. The molecule has 0 aliphatic carbocycles. The zero-order valence-corrected chi connectivity index (χ0v) is 24.7. The van der Waals surface area contributed by atoms with Gasteiger partial charge in [-0.2, -0.15) is 0 Å². The summed E-state index contributed by atoms with van der Waals surface area (Å²) in [6.07, 6.45) is 0. The molecule has 2 aromatic heterocycles. The molecule has 0 unspecified atom stereocenters. The molecule has 3 aromatic rings. The highest BCUT2D eigenvalue weighted by Crippen LogP contribution is 2.44. The van der Waals surface area contributed by atoms with E-state index in [1.807, 2.05) is 0 Å². The van der Waals surface area contributed by atoms with E-state index < -0.39 is 16.1 Å². The summed E-state index contributed by atoms with van der Waals surface area (Å²) < 4.78 is 0. The highest BCUT2D eigenvalue weighted by atomic mass is 32.1. The van der Waals surface area contributed by atoms with Crippen molar-refractivity contribution in [1.29, 1.82) is 0 Å². The Morgan fingerprint density at radius 2 is 0.906 bits per heavy atom. The largest absolute Gasteiger partial charge is 0.140 e. The van der Waals surface area contributed by atoms with Crippen molar-refractivity contribution in [2.24, 2.45) is 0 Å². The zero-order chi connectivity index (χ0) is 23.0. The van der Waals surface area contributed by atoms with Crippen LogP contribution in [0.3, 0.4) is 0 Å². The van der Waals surface area contributed by atoms with Crippen LogP contribution in [0.15, 0.2) is 24.3 Å². The van der Waals surface area contributed by atoms with Gasteiger partial charge >= 0.3 is 0 Å². The maximum atomic E-state index is 2.74. The Labute approximate surface area is 205 Å². The molecule has 0 radical (unpaired) electrons. The Bertz CT molecular complexity index is 1090. The molecule has 5 rings (SSSR count). The minimum absolute atomic E-state index is 0.630. The molecule has 0 saturated heterocycles. The van der Waals surface area contributed by atoms with Gasteiger partial charge in [0.05, 0.1) is 0 Å². The quantitative estimate of drug-likeness (QED) is 0.317. The van der Waals surface area contributed by atoms with Crippen molar-refractivity contribution in [3.63, 3.8) is 0 Å². The molecule has 0 nitrogen and oxygen atoms in total. The summed E-state index contributed by atoms with van der Waals surface area (Å²) in [5.41, 5.74) is 3.29. The molecule has 32 heavy (non-hydrogen) atoms. The molecule has 0 fully saturated rings. The van der Waals surface area contributed by atoms with E-state index in [2.05, 4.69) is 102 Å². The lowest BCUT2D eigenvalue weighted by Gasteiger charge is -2.29. The van der Waals surface area contributed by atoms with E-state index in [1.54, 1.807) is 51.4 Å². The summed E-state index contributed by atoms with van der Waals surface area (Å²) in [6, 6.07) is 16.1. The van der Waals surface area contributed by atoms with Crippen LogP contribution in [-0.4, -0.2) is 16.1 Å². The topological polar surface area (TPSA) is 0 Å². The van der Waals surface area contributed by atoms with Gasteiger partial charge in [0.1, 0.15) is 16.1 Å². The van der Waals surface area contributed by atoms with E-state index in [4.69, 9.17) is 0 Å². The Morgan fingerprint density at radius 3 is 1.19 bits per heavy atom. The van der Waals surface area contributed by atoms with Crippen LogP contribution in [0.4, 0.5) is 0 Å². The number of thiophene rings is 2. The average Bonchev–Trinajstić information content (AvgIpc) is 3.51. The van der Waals surface area contributed by atoms with Gasteiger partial charge in [-0.05, 0) is 55.8 Å². The average molecular weight is 495 g/mol. The first-order valence-corrected chi connectivity index (χ1v) is 19.2. The maximum absolute atomic E-state index is 2.74. The molecule has 1 aromatic carbocycles. The van der Waals surface area contributed by atoms with Gasteiger partial charge in [0.15, 0.2) is 0 Å². The van der Waals surface area contributed by atoms with Crippen molar-refractivity contribution in [1.82, 2.24) is 0 Å². The molecule has 170 valence electrons. The van der Waals surface area contributed by atoms with Gasteiger partial charge in [0, 0.05) is 19.5 Å². The van der Waals surface area contributed by atoms with Crippen LogP contribution in [-0.2, 0) is 0 Å². The first-order chi connectivity index (χ1) is 15.3. The Balaban J connectivity index is 1.82. The van der Waals surface area contributed by atoms with Crippen LogP contribution in [0.1, 0.15) is 77.0 Å². The van der Waals surface area contributed by atoms with Crippen LogP contribution in [0, 0.1) is 0 Å². The second kappa shape index (κ2) is 7.79. The third-order valence-corrected chi connectivity index (χ3v) is 22.6. The molecular weight excluding hydrogens is 457 g/mol. The van der Waals surface area contributed by atoms with Gasteiger partial charge < -0.3 is 0 Å². The molecule has 2 aliphatic heterocycles. The fourth-order valence-electron chi connectivity index (χ4n) is 6.58. The highest BCUT2D eigenvalue weighted by molar-refractivity contribution is 7.23. The van der Waals surface area contributed by atoms with Gasteiger partial charge in [-0.1, -0.05) is 91.7 Å². The van der Waals surface area contributed by atoms with Crippen LogP contribution in [0.2, 0.25) is 24.2 Å². The van der Waals surface area contributed by atoms with E-state index in [-0.39, 0.29) is 0 Å². The second-order valence-corrected chi connectivity index (χ2v) is 22.1. The summed E-state index contributed by atoms with van der Waals surface area (Å²) in [4.78, 5) is 6.48. The van der Waals surface area contributed by atoms with Crippen LogP contribution in [0.25, 0.3) is 20.9 Å². The SMILES string of the molecule is CC[Si]1(CC)c2cc3c(cc2-c2sc(C(C)C)cc21)[Si](CC)(CC)c1cc(C(C)C)sc1-3. The normalized spacial score (nSPS) is 17.1. The van der Waals surface area contributed by atoms with Crippen LogP contribution >= 0.6 is 22.7 Å². The van der Waals surface area contributed by atoms with E-state index in [0.717, 1.165) is 0 Å². The van der Waals surface area contributed by atoms with E-state index in [0.29, 0.717) is 11.8 Å². The molecule has 0 bridgehead atoms. The third-order valence-electron chi connectivity index (χ3n) is 8.76. The predicted octanol–water partition coefficient (Wildman–Crippen LogP) is 7.22. The van der Waals surface area contributed by atoms with E-state index >= 15 is 0 Å². The van der Waals surface area contributed by atoms with Crippen molar-refractivity contribution in [2.75, 3.05) is 0 Å². The molecule has 4 heterocycles. The lowest BCUT2D eigenvalue weighted by Crippen LogP contribution is -2.55. The van der Waals surface area contributed by atoms with E-state index in [1.165, 1.54) is 24.2 Å². The molecule has 4 heteroatoms. The smallest absolute Gasteiger partial charge is 0.120 e. The third kappa shape index (κ3) is 2.76. The van der Waals surface area contributed by atoms with Crippen molar-refractivity contribution in [2.45, 2.75) is 91.4 Å². The summed E-state index contributed by atoms with van der Waals surface area (Å²) in [5.74, 6) is 1.26. The predicted molar refractivity (Wildman–Crippen MR) is 153 cm³/mol. The summed E-state index contributed by atoms with van der Waals surface area (Å²) >= 11 is 4.22. The Morgan fingerprint density at radius 1 is 0.562 bits per heavy atom. The van der Waals surface area contributed by atoms with Crippen molar-refractivity contribution in [3.8, 4) is 20.9 Å². The minimum Gasteiger partial charge on any atom is -0.140 e. The Hall–Kier alpha value is -0.946. The summed E-state index contributed by atoms with van der Waals surface area (Å²) in [6.45, 7) is 19.3. The highest BCUT2D eigenvalue weighted by Gasteiger charge is 2.49. The lowest BCUT2D eigenvalue weighted by molar-refractivity contribution is 0.890. The van der Waals surface area contributed by atoms with Gasteiger partial charge in [0.25, 0.3) is 0 Å². The van der Waals surface area contributed by atoms with Crippen LogP contribution in [0.5, 0.6) is 0 Å². The molecule has 0 N–H and O–H groups in total. The van der Waals surface area contributed by atoms with Crippen molar-refractivity contribution >= 4 is 59.6 Å². The molecule has 0 amide bonds. The van der Waals surface area contributed by atoms with Gasteiger partial charge in [-0.15, -0.1) is 22.7 Å². The molecule has 0 saturated carbocycles. The lowest BCUT2D eigenvalue weighted by atomic mass is 10.1. The number of fused-ring (bicyclic) bond motifs is 6. The number of hydrogen-bond donors (Lipinski definition) is 0. The van der Waals surface area contributed by atoms with Gasteiger partial charge in [-0.25, -0.2) is 0 Å². The summed E-state index contributed by atoms with van der Waals surface area (Å²) in [5, 5.41) is 7.06. The standard InChI is InChI=1S/C28H38S2Si2/c1-9-31(10-2)23-13-20-24(14-19(23)27-25(31)15-21(29-27)17(5)6)32(11-3,12-4)26-16-22(18(7)8)30-28(20)26/h13-18H,9-12H2,1-8H3. The zero-order valence-electron chi connectivity index (χ0n) is 21.1. The fraction of sp³-hybridized carbons (Fsp3) is 0.500. The first kappa shape index (κ1) is 22.8. The number of rotatable bonds is 6. The van der Waals surface area contributed by atoms with Crippen LogP contribution < -0.4 is 20.7 Å². The number of hydrogen-bond acceptors (Lipinski definition) is 2. The van der Waals surface area contributed by atoms with Crippen molar-refractivity contribution in [3.05, 3.63) is 34.0 Å². The van der Waals surface area contributed by atoms with Gasteiger partial charge in [-0.3, -0.25) is 0 Å². The molecule has 0 atom stereocenters. The Kier molecular flexibility index (Phi) is 5.56. The second-order valence-electron chi connectivity index (χ2n) is 10.6. The van der Waals surface area contributed by atoms with E-state index in [9.17, 15) is 0 Å². The molecule has 2 aliphatic rings. The minimum atomic E-state index is -1.66. The number of benzene rings is 1. The van der Waals surface area contributed by atoms with Crippen molar-refractivity contribution < 1.29 is 0 Å². The fourth-order valence-corrected chi connectivity index (χ4v) is 19.5.